The first-order valence-electron chi connectivity index (χ1n) is 7.80. The van der Waals surface area contributed by atoms with Gasteiger partial charge >= 0.3 is 5.97 Å². The second kappa shape index (κ2) is 10.4. The highest BCUT2D eigenvalue weighted by Gasteiger charge is 2.20. The molecule has 0 saturated carbocycles. The van der Waals surface area contributed by atoms with Gasteiger partial charge in [0.15, 0.2) is 0 Å². The summed E-state index contributed by atoms with van der Waals surface area (Å²) in [5, 5.41) is 9.90. The van der Waals surface area contributed by atoms with Crippen LogP contribution in [0.1, 0.15) is 18.0 Å². The van der Waals surface area contributed by atoms with E-state index in [2.05, 4.69) is 20.5 Å². The number of nitrogens with zero attached hydrogens (tertiary/aromatic N) is 2. The van der Waals surface area contributed by atoms with Crippen LogP contribution in [0.25, 0.3) is 0 Å². The number of hydrogen-bond donors (Lipinski definition) is 2. The van der Waals surface area contributed by atoms with E-state index in [1.54, 1.807) is 55.4 Å². The Morgan fingerprint density at radius 3 is 2.50 bits per heavy atom. The van der Waals surface area contributed by atoms with E-state index in [9.17, 15) is 9.59 Å². The van der Waals surface area contributed by atoms with Crippen molar-refractivity contribution in [1.29, 1.82) is 0 Å². The van der Waals surface area contributed by atoms with Crippen molar-refractivity contribution in [2.45, 2.75) is 12.5 Å². The molecule has 1 aromatic heterocycles. The molecule has 0 saturated heterocycles. The molecule has 1 atom stereocenters. The molecule has 0 aliphatic rings. The van der Waals surface area contributed by atoms with Crippen LogP contribution < -0.4 is 15.4 Å². The Bertz CT molecular complexity index is 718. The van der Waals surface area contributed by atoms with Crippen molar-refractivity contribution in [2.24, 2.45) is 7.05 Å². The molecule has 1 heterocycles. The zero-order chi connectivity index (χ0) is 18.2. The van der Waals surface area contributed by atoms with E-state index in [0.29, 0.717) is 11.4 Å². The molecule has 8 nitrogen and oxygen atoms in total. The molecule has 0 aliphatic carbocycles. The zero-order valence-electron chi connectivity index (χ0n) is 14.9. The Morgan fingerprint density at radius 1 is 1.27 bits per heavy atom. The number of likely N-dealkylation sites (N-methyl/N-ethyl adjacent to an activating group) is 1. The Hall–Kier alpha value is -2.58. The van der Waals surface area contributed by atoms with Crippen LogP contribution in [0.15, 0.2) is 36.7 Å². The minimum atomic E-state index is -0.496. The van der Waals surface area contributed by atoms with Gasteiger partial charge in [0.1, 0.15) is 11.8 Å². The van der Waals surface area contributed by atoms with E-state index in [-0.39, 0.29) is 37.3 Å². The number of carbonyl (C=O) groups is 2. The number of anilines is 1. The van der Waals surface area contributed by atoms with Crippen LogP contribution in [0.2, 0.25) is 0 Å². The summed E-state index contributed by atoms with van der Waals surface area (Å²) in [4.78, 5) is 23.5. The van der Waals surface area contributed by atoms with Crippen LogP contribution in [-0.2, 0) is 21.4 Å². The van der Waals surface area contributed by atoms with Gasteiger partial charge in [-0.2, -0.15) is 5.10 Å². The van der Waals surface area contributed by atoms with Crippen LogP contribution in [0.3, 0.4) is 0 Å². The molecule has 1 amide bonds. The lowest BCUT2D eigenvalue weighted by molar-refractivity contribution is -0.141. The van der Waals surface area contributed by atoms with Gasteiger partial charge in [0.05, 0.1) is 26.3 Å². The monoisotopic (exact) mass is 382 g/mol. The predicted octanol–water partition coefficient (Wildman–Crippen LogP) is 1.68. The average molecular weight is 383 g/mol. The molecule has 0 bridgehead atoms. The van der Waals surface area contributed by atoms with Crippen molar-refractivity contribution in [1.82, 2.24) is 15.1 Å². The summed E-state index contributed by atoms with van der Waals surface area (Å²) in [6, 6.07) is 6.43. The van der Waals surface area contributed by atoms with Crippen LogP contribution >= 0.6 is 12.4 Å². The third-order valence-corrected chi connectivity index (χ3v) is 3.53. The molecule has 2 rings (SSSR count). The number of aromatic nitrogens is 2. The molecule has 2 aromatic rings. The number of rotatable bonds is 8. The number of benzene rings is 1. The second-order valence-electron chi connectivity index (χ2n) is 5.36. The molecule has 26 heavy (non-hydrogen) atoms. The average Bonchev–Trinajstić information content (AvgIpc) is 3.03. The predicted molar refractivity (Wildman–Crippen MR) is 99.5 cm³/mol. The fraction of sp³-hybridized carbons (Fsp3) is 0.353. The van der Waals surface area contributed by atoms with Crippen LogP contribution in [0.4, 0.5) is 5.69 Å². The number of aryl methyl sites for hydroxylation is 1. The number of carbonyl (C=O) groups excluding carboxylic acids is 2. The van der Waals surface area contributed by atoms with Crippen molar-refractivity contribution in [3.05, 3.63) is 42.2 Å². The van der Waals surface area contributed by atoms with Crippen LogP contribution in [-0.4, -0.2) is 42.4 Å². The highest BCUT2D eigenvalue weighted by atomic mass is 35.5. The smallest absolute Gasteiger partial charge is 0.308 e. The molecule has 0 spiro atoms. The van der Waals surface area contributed by atoms with E-state index in [4.69, 9.17) is 4.74 Å². The van der Waals surface area contributed by atoms with E-state index in [1.165, 1.54) is 7.11 Å². The molecule has 1 unspecified atom stereocenters. The molecular weight excluding hydrogens is 360 g/mol. The Morgan fingerprint density at radius 2 is 1.96 bits per heavy atom. The van der Waals surface area contributed by atoms with Crippen molar-refractivity contribution < 1.29 is 19.1 Å². The third kappa shape index (κ3) is 6.05. The van der Waals surface area contributed by atoms with E-state index in [1.807, 2.05) is 0 Å². The summed E-state index contributed by atoms with van der Waals surface area (Å²) >= 11 is 0. The van der Waals surface area contributed by atoms with Crippen molar-refractivity contribution in [3.8, 4) is 5.75 Å². The SMILES string of the molecule is CNC(C(=O)Nc1ccc(OCCC(=O)OC)cc1)c1cnn(C)c1.Cl. The molecule has 0 fully saturated rings. The molecule has 1 aromatic carbocycles. The van der Waals surface area contributed by atoms with Crippen molar-refractivity contribution >= 4 is 30.0 Å². The maximum absolute atomic E-state index is 12.4. The topological polar surface area (TPSA) is 94.5 Å². The Kier molecular flexibility index (Phi) is 8.60. The quantitative estimate of drug-likeness (QED) is 0.674. The lowest BCUT2D eigenvalue weighted by Crippen LogP contribution is -2.30. The third-order valence-electron chi connectivity index (χ3n) is 3.53. The number of ether oxygens (including phenoxy) is 2. The minimum absolute atomic E-state index is 0. The summed E-state index contributed by atoms with van der Waals surface area (Å²) in [6.45, 7) is 0.237. The molecule has 9 heteroatoms. The fourth-order valence-electron chi connectivity index (χ4n) is 2.24. The molecular formula is C17H23ClN4O4. The summed E-state index contributed by atoms with van der Waals surface area (Å²) in [5.41, 5.74) is 1.43. The van der Waals surface area contributed by atoms with Gasteiger partial charge in [-0.3, -0.25) is 14.3 Å². The maximum atomic E-state index is 12.4. The first kappa shape index (κ1) is 21.5. The Balaban J connectivity index is 0.00000338. The minimum Gasteiger partial charge on any atom is -0.493 e. The van der Waals surface area contributed by atoms with Gasteiger partial charge < -0.3 is 20.1 Å². The van der Waals surface area contributed by atoms with Crippen LogP contribution in [0, 0.1) is 0 Å². The second-order valence-corrected chi connectivity index (χ2v) is 5.36. The van der Waals surface area contributed by atoms with Gasteiger partial charge in [-0.15, -0.1) is 12.4 Å². The van der Waals surface area contributed by atoms with E-state index in [0.717, 1.165) is 5.56 Å². The highest BCUT2D eigenvalue weighted by Crippen LogP contribution is 2.18. The number of nitrogens with one attached hydrogen (secondary N) is 2. The van der Waals surface area contributed by atoms with Gasteiger partial charge in [-0.1, -0.05) is 0 Å². The van der Waals surface area contributed by atoms with Gasteiger partial charge in [-0.25, -0.2) is 0 Å². The molecule has 142 valence electrons. The van der Waals surface area contributed by atoms with Gasteiger partial charge in [-0.05, 0) is 31.3 Å². The molecule has 0 radical (unpaired) electrons. The lowest BCUT2D eigenvalue weighted by atomic mass is 10.1. The maximum Gasteiger partial charge on any atom is 0.308 e. The highest BCUT2D eigenvalue weighted by molar-refractivity contribution is 5.95. The number of halogens is 1. The van der Waals surface area contributed by atoms with E-state index >= 15 is 0 Å². The summed E-state index contributed by atoms with van der Waals surface area (Å²) in [7, 11) is 4.85. The standard InChI is InChI=1S/C17H22N4O4.ClH/c1-18-16(12-10-19-21(2)11-12)17(23)20-13-4-6-14(7-5-13)25-9-8-15(22)24-3;/h4-7,10-11,16,18H,8-9H2,1-3H3,(H,20,23);1H. The number of esters is 1. The van der Waals surface area contributed by atoms with Gasteiger partial charge in [0.25, 0.3) is 0 Å². The first-order valence-corrected chi connectivity index (χ1v) is 7.80. The van der Waals surface area contributed by atoms with Crippen molar-refractivity contribution in [3.63, 3.8) is 0 Å². The summed E-state index contributed by atoms with van der Waals surface area (Å²) in [6.07, 6.45) is 3.63. The zero-order valence-corrected chi connectivity index (χ0v) is 15.7. The number of hydrogen-bond acceptors (Lipinski definition) is 6. The number of methoxy groups -OCH3 is 1. The van der Waals surface area contributed by atoms with Crippen molar-refractivity contribution in [2.75, 3.05) is 26.1 Å². The largest absolute Gasteiger partial charge is 0.493 e. The van der Waals surface area contributed by atoms with Gasteiger partial charge in [0, 0.05) is 24.5 Å². The molecule has 0 aliphatic heterocycles. The van der Waals surface area contributed by atoms with E-state index < -0.39 is 6.04 Å². The summed E-state index contributed by atoms with van der Waals surface area (Å²) in [5.74, 6) is 0.103. The normalized spacial score (nSPS) is 11.2. The Labute approximate surface area is 158 Å². The summed E-state index contributed by atoms with van der Waals surface area (Å²) < 4.78 is 11.6. The molecule has 2 N–H and O–H groups in total. The first-order chi connectivity index (χ1) is 12.0. The lowest BCUT2D eigenvalue weighted by Gasteiger charge is -2.15. The van der Waals surface area contributed by atoms with Crippen LogP contribution in [0.5, 0.6) is 5.75 Å². The number of amides is 1. The van der Waals surface area contributed by atoms with Gasteiger partial charge in [0.2, 0.25) is 5.91 Å². The fourth-order valence-corrected chi connectivity index (χ4v) is 2.24.